The highest BCUT2D eigenvalue weighted by Gasteiger charge is 2.01. The van der Waals surface area contributed by atoms with Crippen LogP contribution in [0.3, 0.4) is 0 Å². The van der Waals surface area contributed by atoms with E-state index in [1.54, 1.807) is 0 Å². The Bertz CT molecular complexity index is 115. The molecule has 0 aliphatic rings. The molecule has 0 radical (unpaired) electrons. The van der Waals surface area contributed by atoms with Crippen LogP contribution < -0.4 is 5.73 Å². The molecule has 0 amide bonds. The van der Waals surface area contributed by atoms with Gasteiger partial charge < -0.3 is 5.73 Å². The van der Waals surface area contributed by atoms with Gasteiger partial charge in [0.05, 0.1) is 0 Å². The van der Waals surface area contributed by atoms with E-state index >= 15 is 0 Å². The average Bonchev–Trinajstić information content (AvgIpc) is 1.90. The maximum atomic E-state index is 5.13. The summed E-state index contributed by atoms with van der Waals surface area (Å²) in [6.07, 6.45) is 7.42. The molecule has 1 nitrogen and oxygen atoms in total. The van der Waals surface area contributed by atoms with Crippen molar-refractivity contribution in [3.05, 3.63) is 24.4 Å². The molecular formula is C10H21N. The number of hydrogen-bond donors (Lipinski definition) is 1. The topological polar surface area (TPSA) is 26.0 Å². The van der Waals surface area contributed by atoms with Crippen LogP contribution in [0.1, 0.15) is 34.6 Å². The molecule has 0 aliphatic heterocycles. The zero-order chi connectivity index (χ0) is 9.33. The van der Waals surface area contributed by atoms with Crippen molar-refractivity contribution < 1.29 is 0 Å². The van der Waals surface area contributed by atoms with Crippen molar-refractivity contribution in [2.45, 2.75) is 34.6 Å². The van der Waals surface area contributed by atoms with Gasteiger partial charge in [-0.25, -0.2) is 0 Å². The lowest BCUT2D eigenvalue weighted by Crippen LogP contribution is -1.97. The third-order valence-electron chi connectivity index (χ3n) is 0.818. The standard InChI is InChI=1S/C8H15N.C2H6/c1-8(2,3)6-4-5-7-9;1-2/h4-7H,9H2,1-3H3;1-2H3/b6-4-,7-5-;. The lowest BCUT2D eigenvalue weighted by atomic mass is 9.96. The molecule has 66 valence electrons. The van der Waals surface area contributed by atoms with Crippen molar-refractivity contribution in [3.8, 4) is 0 Å². The molecule has 1 heteroatoms. The molecule has 11 heavy (non-hydrogen) atoms. The van der Waals surface area contributed by atoms with Gasteiger partial charge in [-0.15, -0.1) is 0 Å². The first-order chi connectivity index (χ1) is 5.06. The van der Waals surface area contributed by atoms with Crippen LogP contribution in [0.15, 0.2) is 24.4 Å². The van der Waals surface area contributed by atoms with E-state index < -0.39 is 0 Å². The summed E-state index contributed by atoms with van der Waals surface area (Å²) in [5.74, 6) is 0. The van der Waals surface area contributed by atoms with Gasteiger partial charge in [-0.2, -0.15) is 0 Å². The van der Waals surface area contributed by atoms with E-state index in [2.05, 4.69) is 26.8 Å². The van der Waals surface area contributed by atoms with Crippen molar-refractivity contribution in [2.75, 3.05) is 0 Å². The van der Waals surface area contributed by atoms with Crippen LogP contribution in [-0.4, -0.2) is 0 Å². The Morgan fingerprint density at radius 1 is 1.00 bits per heavy atom. The van der Waals surface area contributed by atoms with Gasteiger partial charge in [0.25, 0.3) is 0 Å². The van der Waals surface area contributed by atoms with Crippen molar-refractivity contribution in [2.24, 2.45) is 11.1 Å². The Balaban J connectivity index is 0. The van der Waals surface area contributed by atoms with E-state index in [0.717, 1.165) is 0 Å². The predicted molar refractivity (Wildman–Crippen MR) is 53.3 cm³/mol. The van der Waals surface area contributed by atoms with Gasteiger partial charge in [-0.3, -0.25) is 0 Å². The second kappa shape index (κ2) is 7.39. The first-order valence-electron chi connectivity index (χ1n) is 4.12. The monoisotopic (exact) mass is 155 g/mol. The highest BCUT2D eigenvalue weighted by molar-refractivity contribution is 5.04. The summed E-state index contributed by atoms with van der Waals surface area (Å²) in [4.78, 5) is 0. The lowest BCUT2D eigenvalue weighted by molar-refractivity contribution is 0.544. The third-order valence-corrected chi connectivity index (χ3v) is 0.818. The smallest absolute Gasteiger partial charge is 0.00625 e. The summed E-state index contributed by atoms with van der Waals surface area (Å²) in [5.41, 5.74) is 5.39. The Morgan fingerprint density at radius 3 is 1.73 bits per heavy atom. The molecule has 0 aliphatic carbocycles. The van der Waals surface area contributed by atoms with Crippen LogP contribution in [-0.2, 0) is 0 Å². The maximum Gasteiger partial charge on any atom is -0.00625 e. The molecule has 0 rings (SSSR count). The van der Waals surface area contributed by atoms with E-state index in [-0.39, 0.29) is 5.41 Å². The minimum Gasteiger partial charge on any atom is -0.405 e. The Kier molecular flexibility index (Phi) is 8.67. The van der Waals surface area contributed by atoms with Gasteiger partial charge in [0.15, 0.2) is 0 Å². The van der Waals surface area contributed by atoms with E-state index in [0.29, 0.717) is 0 Å². The SMILES string of the molecule is CC.CC(C)(C)/C=C\C=C/N. The molecule has 0 aromatic rings. The van der Waals surface area contributed by atoms with Crippen LogP contribution in [0, 0.1) is 5.41 Å². The molecule has 0 heterocycles. The van der Waals surface area contributed by atoms with Crippen LogP contribution in [0.4, 0.5) is 0 Å². The van der Waals surface area contributed by atoms with Crippen molar-refractivity contribution >= 4 is 0 Å². The zero-order valence-electron chi connectivity index (χ0n) is 8.39. The van der Waals surface area contributed by atoms with Crippen LogP contribution in [0.25, 0.3) is 0 Å². The van der Waals surface area contributed by atoms with Crippen molar-refractivity contribution in [3.63, 3.8) is 0 Å². The fraction of sp³-hybridized carbons (Fsp3) is 0.600. The third kappa shape index (κ3) is 17.6. The van der Waals surface area contributed by atoms with Crippen LogP contribution >= 0.6 is 0 Å². The molecule has 0 unspecified atom stereocenters. The number of nitrogens with two attached hydrogens (primary N) is 1. The summed E-state index contributed by atoms with van der Waals surface area (Å²) in [5, 5.41) is 0. The second-order valence-electron chi connectivity index (χ2n) is 3.11. The van der Waals surface area contributed by atoms with Crippen molar-refractivity contribution in [1.82, 2.24) is 0 Å². The van der Waals surface area contributed by atoms with Gasteiger partial charge in [-0.1, -0.05) is 46.8 Å². The molecule has 0 saturated heterocycles. The van der Waals surface area contributed by atoms with Gasteiger partial charge in [-0.05, 0) is 17.7 Å². The molecule has 0 saturated carbocycles. The number of allylic oxidation sites excluding steroid dienone is 3. The zero-order valence-corrected chi connectivity index (χ0v) is 8.39. The fourth-order valence-corrected chi connectivity index (χ4v) is 0.408. The predicted octanol–water partition coefficient (Wildman–Crippen LogP) is 3.09. The van der Waals surface area contributed by atoms with E-state index in [9.17, 15) is 0 Å². The molecule has 0 spiro atoms. The van der Waals surface area contributed by atoms with E-state index in [4.69, 9.17) is 5.73 Å². The molecule has 0 aromatic carbocycles. The summed E-state index contributed by atoms with van der Waals surface area (Å²) in [7, 11) is 0. The van der Waals surface area contributed by atoms with Crippen LogP contribution in [0.2, 0.25) is 0 Å². The highest BCUT2D eigenvalue weighted by atomic mass is 14.5. The first kappa shape index (κ1) is 12.9. The first-order valence-corrected chi connectivity index (χ1v) is 4.12. The second-order valence-corrected chi connectivity index (χ2v) is 3.11. The summed E-state index contributed by atoms with van der Waals surface area (Å²) in [6, 6.07) is 0. The van der Waals surface area contributed by atoms with Gasteiger partial charge in [0, 0.05) is 0 Å². The highest BCUT2D eigenvalue weighted by Crippen LogP contribution is 2.13. The van der Waals surface area contributed by atoms with Gasteiger partial charge in [0.1, 0.15) is 0 Å². The average molecular weight is 155 g/mol. The number of hydrogen-bond acceptors (Lipinski definition) is 1. The van der Waals surface area contributed by atoms with Gasteiger partial charge >= 0.3 is 0 Å². The Hall–Kier alpha value is -0.720. The largest absolute Gasteiger partial charge is 0.405 e. The van der Waals surface area contributed by atoms with Crippen LogP contribution in [0.5, 0.6) is 0 Å². The molecular weight excluding hydrogens is 134 g/mol. The van der Waals surface area contributed by atoms with E-state index in [1.165, 1.54) is 6.20 Å². The summed E-state index contributed by atoms with van der Waals surface area (Å²) in [6.45, 7) is 10.4. The normalized spacial score (nSPS) is 11.7. The lowest BCUT2D eigenvalue weighted by Gasteiger charge is -2.09. The Labute approximate surface area is 71.0 Å². The molecule has 0 fully saturated rings. The fourth-order valence-electron chi connectivity index (χ4n) is 0.408. The minimum atomic E-state index is 0.263. The van der Waals surface area contributed by atoms with Gasteiger partial charge in [0.2, 0.25) is 0 Å². The maximum absolute atomic E-state index is 5.13. The molecule has 0 atom stereocenters. The van der Waals surface area contributed by atoms with E-state index in [1.807, 2.05) is 26.0 Å². The Morgan fingerprint density at radius 2 is 1.45 bits per heavy atom. The molecule has 2 N–H and O–H groups in total. The minimum absolute atomic E-state index is 0.263. The molecule has 0 bridgehead atoms. The number of rotatable bonds is 1. The molecule has 0 aromatic heterocycles. The van der Waals surface area contributed by atoms with Crippen molar-refractivity contribution in [1.29, 1.82) is 0 Å². The summed E-state index contributed by atoms with van der Waals surface area (Å²) >= 11 is 0. The quantitative estimate of drug-likeness (QED) is 0.578. The summed E-state index contributed by atoms with van der Waals surface area (Å²) < 4.78 is 0.